The Morgan fingerprint density at radius 3 is 2.67 bits per heavy atom. The highest BCUT2D eigenvalue weighted by Crippen LogP contribution is 2.40. The highest BCUT2D eigenvalue weighted by Gasteiger charge is 2.28. The molecule has 1 aliphatic heterocycles. The first-order chi connectivity index (χ1) is 8.74. The van der Waals surface area contributed by atoms with Crippen molar-refractivity contribution in [3.05, 3.63) is 65.2 Å². The van der Waals surface area contributed by atoms with Crippen LogP contribution in [0.4, 0.5) is 0 Å². The fraction of sp³-hybridized carbons (Fsp3) is 0.250. The van der Waals surface area contributed by atoms with Crippen molar-refractivity contribution in [3.8, 4) is 5.75 Å². The van der Waals surface area contributed by atoms with Crippen molar-refractivity contribution < 1.29 is 9.84 Å². The maximum Gasteiger partial charge on any atom is 0.198 e. The summed E-state index contributed by atoms with van der Waals surface area (Å²) in [5.74, 6) is 1.01. The third-order valence-corrected chi connectivity index (χ3v) is 3.44. The van der Waals surface area contributed by atoms with Crippen LogP contribution in [0, 0.1) is 6.92 Å². The van der Waals surface area contributed by atoms with Gasteiger partial charge in [0.25, 0.3) is 0 Å². The number of rotatable bonds is 1. The van der Waals surface area contributed by atoms with Gasteiger partial charge in [0, 0.05) is 17.9 Å². The molecule has 2 aromatic carbocycles. The maximum atomic E-state index is 9.83. The molecule has 2 heteroatoms. The second-order valence-corrected chi connectivity index (χ2v) is 4.81. The lowest BCUT2D eigenvalue weighted by Gasteiger charge is -2.30. The monoisotopic (exact) mass is 240 g/mol. The molecule has 0 saturated carbocycles. The second kappa shape index (κ2) is 4.46. The van der Waals surface area contributed by atoms with Crippen molar-refractivity contribution in [1.29, 1.82) is 0 Å². The van der Waals surface area contributed by atoms with E-state index in [4.69, 9.17) is 4.74 Å². The predicted molar refractivity (Wildman–Crippen MR) is 70.7 cm³/mol. The van der Waals surface area contributed by atoms with Gasteiger partial charge in [-0.25, -0.2) is 0 Å². The Morgan fingerprint density at radius 2 is 1.89 bits per heavy atom. The van der Waals surface area contributed by atoms with Crippen LogP contribution < -0.4 is 4.74 Å². The van der Waals surface area contributed by atoms with Gasteiger partial charge >= 0.3 is 0 Å². The topological polar surface area (TPSA) is 29.5 Å². The van der Waals surface area contributed by atoms with Gasteiger partial charge in [-0.1, -0.05) is 48.0 Å². The molecule has 18 heavy (non-hydrogen) atoms. The van der Waals surface area contributed by atoms with Gasteiger partial charge in [-0.15, -0.1) is 0 Å². The van der Waals surface area contributed by atoms with Gasteiger partial charge in [0.2, 0.25) is 0 Å². The summed E-state index contributed by atoms with van der Waals surface area (Å²) in [5.41, 5.74) is 3.62. The Labute approximate surface area is 107 Å². The van der Waals surface area contributed by atoms with Crippen molar-refractivity contribution in [2.75, 3.05) is 0 Å². The molecule has 0 saturated heterocycles. The summed E-state index contributed by atoms with van der Waals surface area (Å²) in [6.45, 7) is 2.08. The van der Waals surface area contributed by atoms with Gasteiger partial charge in [-0.3, -0.25) is 0 Å². The number of hydrogen-bond acceptors (Lipinski definition) is 2. The fourth-order valence-electron chi connectivity index (χ4n) is 2.57. The largest absolute Gasteiger partial charge is 0.465 e. The van der Waals surface area contributed by atoms with Crippen LogP contribution in [-0.2, 0) is 0 Å². The second-order valence-electron chi connectivity index (χ2n) is 4.81. The number of benzene rings is 2. The molecule has 2 aromatic rings. The molecule has 1 N–H and O–H groups in total. The SMILES string of the molecule is Cc1ccc2c(c1)C(c1ccccc1)C[C@@H](O)O2. The molecular weight excluding hydrogens is 224 g/mol. The van der Waals surface area contributed by atoms with Crippen LogP contribution in [0.3, 0.4) is 0 Å². The van der Waals surface area contributed by atoms with Crippen LogP contribution in [0.2, 0.25) is 0 Å². The van der Waals surface area contributed by atoms with E-state index in [1.165, 1.54) is 16.7 Å². The number of aryl methyl sites for hydroxylation is 1. The highest BCUT2D eigenvalue weighted by atomic mass is 16.6. The molecule has 1 aliphatic rings. The van der Waals surface area contributed by atoms with Gasteiger partial charge < -0.3 is 9.84 Å². The number of fused-ring (bicyclic) bond motifs is 1. The molecule has 1 heterocycles. The Balaban J connectivity index is 2.09. The van der Waals surface area contributed by atoms with Crippen LogP contribution in [0.5, 0.6) is 5.75 Å². The standard InChI is InChI=1S/C16H16O2/c1-11-7-8-15-14(9-11)13(10-16(17)18-15)12-5-3-2-4-6-12/h2-9,13,16-17H,10H2,1H3/t13?,16-/m0/s1. The normalized spacial score (nSPS) is 22.1. The number of hydrogen-bond donors (Lipinski definition) is 1. The molecule has 3 rings (SSSR count). The molecule has 1 unspecified atom stereocenters. The van der Waals surface area contributed by atoms with E-state index in [1.54, 1.807) is 0 Å². The minimum atomic E-state index is -0.717. The van der Waals surface area contributed by atoms with Gasteiger partial charge in [-0.2, -0.15) is 0 Å². The van der Waals surface area contributed by atoms with E-state index < -0.39 is 6.29 Å². The Bertz CT molecular complexity index is 548. The van der Waals surface area contributed by atoms with Crippen molar-refractivity contribution in [1.82, 2.24) is 0 Å². The van der Waals surface area contributed by atoms with E-state index in [2.05, 4.69) is 25.1 Å². The van der Waals surface area contributed by atoms with E-state index >= 15 is 0 Å². The minimum Gasteiger partial charge on any atom is -0.465 e. The third-order valence-electron chi connectivity index (χ3n) is 3.44. The lowest BCUT2D eigenvalue weighted by Crippen LogP contribution is -2.25. The zero-order valence-electron chi connectivity index (χ0n) is 10.3. The van der Waals surface area contributed by atoms with Crippen LogP contribution in [0.15, 0.2) is 48.5 Å². The molecule has 0 amide bonds. The number of aliphatic hydroxyl groups is 1. The third kappa shape index (κ3) is 2.00. The molecule has 0 fully saturated rings. The summed E-state index contributed by atoms with van der Waals surface area (Å²) < 4.78 is 5.49. The van der Waals surface area contributed by atoms with Crippen molar-refractivity contribution in [2.24, 2.45) is 0 Å². The van der Waals surface area contributed by atoms with Crippen molar-refractivity contribution in [3.63, 3.8) is 0 Å². The molecule has 0 aliphatic carbocycles. The smallest absolute Gasteiger partial charge is 0.198 e. The summed E-state index contributed by atoms with van der Waals surface area (Å²) in [7, 11) is 0. The average Bonchev–Trinajstić information content (AvgIpc) is 2.39. The van der Waals surface area contributed by atoms with E-state index in [0.717, 1.165) is 5.75 Å². The molecule has 2 atom stereocenters. The van der Waals surface area contributed by atoms with Crippen LogP contribution in [0.25, 0.3) is 0 Å². The molecule has 0 radical (unpaired) electrons. The van der Waals surface area contributed by atoms with Crippen LogP contribution >= 0.6 is 0 Å². The quantitative estimate of drug-likeness (QED) is 0.829. The first-order valence-corrected chi connectivity index (χ1v) is 6.24. The van der Waals surface area contributed by atoms with Crippen molar-refractivity contribution in [2.45, 2.75) is 25.6 Å². The van der Waals surface area contributed by atoms with Crippen LogP contribution in [-0.4, -0.2) is 11.4 Å². The van der Waals surface area contributed by atoms with E-state index in [1.807, 2.05) is 30.3 Å². The lowest BCUT2D eigenvalue weighted by atomic mass is 9.85. The van der Waals surface area contributed by atoms with Gasteiger partial charge in [0.15, 0.2) is 6.29 Å². The summed E-state index contributed by atoms with van der Waals surface area (Å²) in [6, 6.07) is 16.4. The molecule has 0 spiro atoms. The minimum absolute atomic E-state index is 0.213. The zero-order valence-corrected chi connectivity index (χ0v) is 10.3. The molecule has 2 nitrogen and oxygen atoms in total. The Hall–Kier alpha value is -1.80. The molecule has 0 aromatic heterocycles. The predicted octanol–water partition coefficient (Wildman–Crippen LogP) is 3.23. The number of ether oxygens (including phenoxy) is 1. The summed E-state index contributed by atoms with van der Waals surface area (Å²) in [6.07, 6.45) is -0.106. The van der Waals surface area contributed by atoms with Gasteiger partial charge in [0.05, 0.1) is 0 Å². The Morgan fingerprint density at radius 1 is 1.11 bits per heavy atom. The summed E-state index contributed by atoms with van der Waals surface area (Å²) >= 11 is 0. The Kier molecular flexibility index (Phi) is 2.80. The summed E-state index contributed by atoms with van der Waals surface area (Å²) in [5, 5.41) is 9.83. The van der Waals surface area contributed by atoms with Crippen molar-refractivity contribution >= 4 is 0 Å². The maximum absolute atomic E-state index is 9.83. The lowest BCUT2D eigenvalue weighted by molar-refractivity contribution is -0.0359. The zero-order chi connectivity index (χ0) is 12.5. The highest BCUT2D eigenvalue weighted by molar-refractivity contribution is 5.45. The first-order valence-electron chi connectivity index (χ1n) is 6.24. The van der Waals surface area contributed by atoms with E-state index in [-0.39, 0.29) is 5.92 Å². The fourth-order valence-corrected chi connectivity index (χ4v) is 2.57. The molecule has 92 valence electrons. The van der Waals surface area contributed by atoms with E-state index in [9.17, 15) is 5.11 Å². The summed E-state index contributed by atoms with van der Waals surface area (Å²) in [4.78, 5) is 0. The first kappa shape index (κ1) is 11.3. The van der Waals surface area contributed by atoms with Crippen LogP contribution in [0.1, 0.15) is 29.0 Å². The molecule has 0 bridgehead atoms. The number of aliphatic hydroxyl groups excluding tert-OH is 1. The van der Waals surface area contributed by atoms with Gasteiger partial charge in [-0.05, 0) is 18.6 Å². The van der Waals surface area contributed by atoms with E-state index in [0.29, 0.717) is 6.42 Å². The molecular formula is C16H16O2. The van der Waals surface area contributed by atoms with Gasteiger partial charge in [0.1, 0.15) is 5.75 Å². The average molecular weight is 240 g/mol.